The SMILES string of the molecule is O=C(Nc1cc(Cl)ccc1OCC(F)(F)F)C1CCCO1. The number of benzene rings is 1. The van der Waals surface area contributed by atoms with Crippen molar-refractivity contribution < 1.29 is 27.4 Å². The van der Waals surface area contributed by atoms with Crippen molar-refractivity contribution in [2.24, 2.45) is 0 Å². The van der Waals surface area contributed by atoms with E-state index in [1.807, 2.05) is 0 Å². The molecule has 4 nitrogen and oxygen atoms in total. The standard InChI is InChI=1S/C13H13ClF3NO3/c14-8-3-4-10(21-7-13(15,16)17)9(6-8)18-12(19)11-2-1-5-20-11/h3-4,6,11H,1-2,5,7H2,(H,18,19). The van der Waals surface area contributed by atoms with E-state index in [0.29, 0.717) is 13.0 Å². The van der Waals surface area contributed by atoms with E-state index in [-0.39, 0.29) is 16.5 Å². The highest BCUT2D eigenvalue weighted by Gasteiger charge is 2.29. The summed E-state index contributed by atoms with van der Waals surface area (Å²) in [5.74, 6) is -0.519. The molecule has 1 aromatic carbocycles. The van der Waals surface area contributed by atoms with Crippen LogP contribution in [0.3, 0.4) is 0 Å². The van der Waals surface area contributed by atoms with Crippen LogP contribution in [0.5, 0.6) is 5.75 Å². The molecule has 1 aliphatic rings. The topological polar surface area (TPSA) is 47.6 Å². The van der Waals surface area contributed by atoms with Crippen LogP contribution >= 0.6 is 11.6 Å². The van der Waals surface area contributed by atoms with Gasteiger partial charge in [0, 0.05) is 11.6 Å². The molecule has 1 fully saturated rings. The zero-order chi connectivity index (χ0) is 15.5. The first kappa shape index (κ1) is 15.9. The average molecular weight is 324 g/mol. The van der Waals surface area contributed by atoms with Crippen LogP contribution in [-0.4, -0.2) is 31.4 Å². The number of carbonyl (C=O) groups excluding carboxylic acids is 1. The highest BCUT2D eigenvalue weighted by molar-refractivity contribution is 6.31. The van der Waals surface area contributed by atoms with E-state index in [1.165, 1.54) is 18.2 Å². The number of anilines is 1. The van der Waals surface area contributed by atoms with Gasteiger partial charge in [-0.1, -0.05) is 11.6 Å². The second kappa shape index (κ2) is 6.53. The van der Waals surface area contributed by atoms with E-state index in [2.05, 4.69) is 10.1 Å². The summed E-state index contributed by atoms with van der Waals surface area (Å²) in [5.41, 5.74) is 0.0900. The second-order valence-corrected chi connectivity index (χ2v) is 4.97. The average Bonchev–Trinajstić information content (AvgIpc) is 2.90. The molecule has 1 aromatic rings. The third kappa shape index (κ3) is 4.78. The molecular formula is C13H13ClF3NO3. The number of rotatable bonds is 4. The predicted molar refractivity (Wildman–Crippen MR) is 70.6 cm³/mol. The van der Waals surface area contributed by atoms with Crippen molar-refractivity contribution in [3.63, 3.8) is 0 Å². The number of hydrogen-bond donors (Lipinski definition) is 1. The van der Waals surface area contributed by atoms with E-state index >= 15 is 0 Å². The Labute approximate surface area is 124 Å². The van der Waals surface area contributed by atoms with Crippen LogP contribution in [0.25, 0.3) is 0 Å². The van der Waals surface area contributed by atoms with Gasteiger partial charge >= 0.3 is 6.18 Å². The first-order chi connectivity index (χ1) is 9.85. The summed E-state index contributed by atoms with van der Waals surface area (Å²) in [6.45, 7) is -0.956. The minimum absolute atomic E-state index is 0.0900. The molecule has 0 bridgehead atoms. The third-order valence-corrected chi connectivity index (χ3v) is 3.05. The lowest BCUT2D eigenvalue weighted by Crippen LogP contribution is -2.27. The van der Waals surface area contributed by atoms with Gasteiger partial charge < -0.3 is 14.8 Å². The number of alkyl halides is 3. The van der Waals surface area contributed by atoms with Gasteiger partial charge in [-0.25, -0.2) is 0 Å². The molecule has 0 aromatic heterocycles. The summed E-state index contributed by atoms with van der Waals surface area (Å²) in [5, 5.41) is 2.76. The lowest BCUT2D eigenvalue weighted by molar-refractivity contribution is -0.153. The van der Waals surface area contributed by atoms with Gasteiger partial charge in [-0.15, -0.1) is 0 Å². The van der Waals surface area contributed by atoms with Gasteiger partial charge in [0.2, 0.25) is 0 Å². The van der Waals surface area contributed by atoms with Crippen LogP contribution in [-0.2, 0) is 9.53 Å². The smallest absolute Gasteiger partial charge is 0.422 e. The van der Waals surface area contributed by atoms with Crippen LogP contribution in [0.15, 0.2) is 18.2 Å². The second-order valence-electron chi connectivity index (χ2n) is 4.54. The summed E-state index contributed by atoms with van der Waals surface area (Å²) in [6, 6.07) is 3.99. The summed E-state index contributed by atoms with van der Waals surface area (Å²) < 4.78 is 46.5. The number of halogens is 4. The molecule has 1 atom stereocenters. The van der Waals surface area contributed by atoms with E-state index < -0.39 is 24.8 Å². The highest BCUT2D eigenvalue weighted by atomic mass is 35.5. The fraction of sp³-hybridized carbons (Fsp3) is 0.462. The van der Waals surface area contributed by atoms with Gasteiger partial charge in [-0.2, -0.15) is 13.2 Å². The van der Waals surface area contributed by atoms with Crippen molar-refractivity contribution in [2.45, 2.75) is 25.1 Å². The monoisotopic (exact) mass is 323 g/mol. The molecular weight excluding hydrogens is 311 g/mol. The summed E-state index contributed by atoms with van der Waals surface area (Å²) in [6.07, 6.45) is -3.72. The molecule has 0 aliphatic carbocycles. The van der Waals surface area contributed by atoms with Gasteiger partial charge in [-0.3, -0.25) is 4.79 Å². The fourth-order valence-corrected chi connectivity index (χ4v) is 2.06. The number of nitrogens with one attached hydrogen (secondary N) is 1. The molecule has 1 N–H and O–H groups in total. The maximum Gasteiger partial charge on any atom is 0.422 e. The molecule has 2 rings (SSSR count). The molecule has 8 heteroatoms. The van der Waals surface area contributed by atoms with E-state index in [9.17, 15) is 18.0 Å². The van der Waals surface area contributed by atoms with Gasteiger partial charge in [0.05, 0.1) is 5.69 Å². The molecule has 0 spiro atoms. The Kier molecular flexibility index (Phi) is 4.95. The first-order valence-electron chi connectivity index (χ1n) is 6.27. The maximum atomic E-state index is 12.2. The molecule has 0 radical (unpaired) electrons. The number of carbonyl (C=O) groups is 1. The van der Waals surface area contributed by atoms with Crippen LogP contribution in [0.4, 0.5) is 18.9 Å². The lowest BCUT2D eigenvalue weighted by Gasteiger charge is -2.16. The fourth-order valence-electron chi connectivity index (χ4n) is 1.88. The molecule has 0 saturated carbocycles. The quantitative estimate of drug-likeness (QED) is 0.924. The molecule has 1 unspecified atom stereocenters. The van der Waals surface area contributed by atoms with Crippen molar-refractivity contribution in [3.8, 4) is 5.75 Å². The number of hydrogen-bond acceptors (Lipinski definition) is 3. The summed E-state index contributed by atoms with van der Waals surface area (Å²) in [7, 11) is 0. The van der Waals surface area contributed by atoms with E-state index in [0.717, 1.165) is 6.42 Å². The Bertz CT molecular complexity index is 516. The predicted octanol–water partition coefficient (Wildman–Crippen LogP) is 3.40. The Morgan fingerprint density at radius 2 is 2.24 bits per heavy atom. The number of amides is 1. The van der Waals surface area contributed by atoms with Crippen LogP contribution in [0, 0.1) is 0 Å². The van der Waals surface area contributed by atoms with Crippen molar-refractivity contribution in [1.29, 1.82) is 0 Å². The zero-order valence-electron chi connectivity index (χ0n) is 10.9. The normalized spacial score (nSPS) is 18.6. The third-order valence-electron chi connectivity index (χ3n) is 2.81. The molecule has 1 heterocycles. The Balaban J connectivity index is 2.09. The molecule has 116 valence electrons. The minimum Gasteiger partial charge on any atom is -0.482 e. The minimum atomic E-state index is -4.46. The Morgan fingerprint density at radius 3 is 2.86 bits per heavy atom. The van der Waals surface area contributed by atoms with Crippen molar-refractivity contribution in [1.82, 2.24) is 0 Å². The summed E-state index contributed by atoms with van der Waals surface area (Å²) >= 11 is 5.79. The van der Waals surface area contributed by atoms with Gasteiger partial charge in [0.1, 0.15) is 11.9 Å². The largest absolute Gasteiger partial charge is 0.482 e. The first-order valence-corrected chi connectivity index (χ1v) is 6.64. The van der Waals surface area contributed by atoms with Gasteiger partial charge in [0.25, 0.3) is 5.91 Å². The molecule has 1 saturated heterocycles. The van der Waals surface area contributed by atoms with Gasteiger partial charge in [-0.05, 0) is 31.0 Å². The number of ether oxygens (including phenoxy) is 2. The molecule has 21 heavy (non-hydrogen) atoms. The lowest BCUT2D eigenvalue weighted by atomic mass is 10.2. The maximum absolute atomic E-state index is 12.2. The van der Waals surface area contributed by atoms with Crippen LogP contribution in [0.1, 0.15) is 12.8 Å². The zero-order valence-corrected chi connectivity index (χ0v) is 11.6. The van der Waals surface area contributed by atoms with Crippen LogP contribution < -0.4 is 10.1 Å². The Hall–Kier alpha value is -1.47. The van der Waals surface area contributed by atoms with Gasteiger partial charge in [0.15, 0.2) is 6.61 Å². The highest BCUT2D eigenvalue weighted by Crippen LogP contribution is 2.30. The van der Waals surface area contributed by atoms with E-state index in [4.69, 9.17) is 16.3 Å². The molecule has 1 aliphatic heterocycles. The van der Waals surface area contributed by atoms with Crippen molar-refractivity contribution >= 4 is 23.2 Å². The van der Waals surface area contributed by atoms with Crippen LogP contribution in [0.2, 0.25) is 5.02 Å². The van der Waals surface area contributed by atoms with Crippen molar-refractivity contribution in [3.05, 3.63) is 23.2 Å². The summed E-state index contributed by atoms with van der Waals surface area (Å²) in [4.78, 5) is 11.9. The Morgan fingerprint density at radius 1 is 1.48 bits per heavy atom. The van der Waals surface area contributed by atoms with Crippen molar-refractivity contribution in [2.75, 3.05) is 18.5 Å². The van der Waals surface area contributed by atoms with E-state index in [1.54, 1.807) is 0 Å². The molecule has 1 amide bonds.